The maximum atomic E-state index is 5.76. The van der Waals surface area contributed by atoms with Crippen molar-refractivity contribution in [2.45, 2.75) is 38.5 Å². The fraction of sp³-hybridized carbons (Fsp3) is 1.00. The molecule has 0 saturated carbocycles. The van der Waals surface area contributed by atoms with Crippen molar-refractivity contribution in [1.82, 2.24) is 0 Å². The van der Waals surface area contributed by atoms with Gasteiger partial charge in [-0.1, -0.05) is 18.5 Å². The van der Waals surface area contributed by atoms with E-state index < -0.39 is 8.32 Å². The molecule has 0 aliphatic carbocycles. The van der Waals surface area contributed by atoms with E-state index in [1.807, 2.05) is 6.92 Å². The van der Waals surface area contributed by atoms with Gasteiger partial charge in [0.1, 0.15) is 5.56 Å². The first-order valence-electron chi connectivity index (χ1n) is 3.27. The molecule has 1 unspecified atom stereocenters. The minimum atomic E-state index is -1.37. The lowest BCUT2D eigenvalue weighted by atomic mass is 10.5. The summed E-state index contributed by atoms with van der Waals surface area (Å²) in [6.07, 6.45) is 0.895. The smallest absolute Gasteiger partial charge is 0.185 e. The van der Waals surface area contributed by atoms with E-state index in [4.69, 9.17) is 16.0 Å². The lowest BCUT2D eigenvalue weighted by Gasteiger charge is -2.20. The van der Waals surface area contributed by atoms with E-state index >= 15 is 0 Å². The van der Waals surface area contributed by atoms with Crippen molar-refractivity contribution in [3.63, 3.8) is 0 Å². The minimum absolute atomic E-state index is 0.0725. The second-order valence-electron chi connectivity index (χ2n) is 3.05. The number of hydrogen-bond donors (Lipinski definition) is 0. The van der Waals surface area contributed by atoms with Crippen LogP contribution in [0.25, 0.3) is 0 Å². The average Bonchev–Trinajstić information content (AvgIpc) is 1.62. The molecule has 1 atom stereocenters. The van der Waals surface area contributed by atoms with Crippen molar-refractivity contribution in [3.05, 3.63) is 0 Å². The molecule has 56 valence electrons. The van der Waals surface area contributed by atoms with Crippen LogP contribution in [-0.4, -0.2) is 13.9 Å². The fourth-order valence-electron chi connectivity index (χ4n) is 0.467. The van der Waals surface area contributed by atoms with Crippen LogP contribution in [0.2, 0.25) is 19.6 Å². The van der Waals surface area contributed by atoms with Gasteiger partial charge in [0.2, 0.25) is 0 Å². The van der Waals surface area contributed by atoms with Crippen molar-refractivity contribution in [1.29, 1.82) is 0 Å². The van der Waals surface area contributed by atoms with Crippen LogP contribution in [0.5, 0.6) is 0 Å². The van der Waals surface area contributed by atoms with Crippen LogP contribution in [0.15, 0.2) is 0 Å². The first-order valence-corrected chi connectivity index (χ1v) is 7.12. The third kappa shape index (κ3) is 6.35. The molecule has 0 spiro atoms. The molecule has 9 heavy (non-hydrogen) atoms. The van der Waals surface area contributed by atoms with Crippen molar-refractivity contribution < 1.29 is 4.43 Å². The molecule has 3 heteroatoms. The van der Waals surface area contributed by atoms with Gasteiger partial charge in [0.05, 0.1) is 0 Å². The van der Waals surface area contributed by atoms with Gasteiger partial charge in [-0.05, 0) is 26.1 Å². The van der Waals surface area contributed by atoms with Crippen LogP contribution >= 0.6 is 11.6 Å². The van der Waals surface area contributed by atoms with E-state index in [0.29, 0.717) is 0 Å². The Morgan fingerprint density at radius 2 is 1.89 bits per heavy atom. The molecule has 0 radical (unpaired) electrons. The summed E-state index contributed by atoms with van der Waals surface area (Å²) in [5, 5.41) is 0. The van der Waals surface area contributed by atoms with Crippen LogP contribution in [0.1, 0.15) is 13.3 Å². The molecule has 0 aromatic heterocycles. The second kappa shape index (κ2) is 3.59. The number of halogens is 1. The predicted molar refractivity (Wildman–Crippen MR) is 44.4 cm³/mol. The van der Waals surface area contributed by atoms with Gasteiger partial charge in [0.15, 0.2) is 8.32 Å². The van der Waals surface area contributed by atoms with Crippen LogP contribution in [0.4, 0.5) is 0 Å². The molecule has 0 heterocycles. The maximum Gasteiger partial charge on any atom is 0.185 e. The van der Waals surface area contributed by atoms with Crippen molar-refractivity contribution in [2.24, 2.45) is 0 Å². The Hall–Kier alpha value is 0.467. The Morgan fingerprint density at radius 1 is 1.44 bits per heavy atom. The Kier molecular flexibility index (Phi) is 3.78. The van der Waals surface area contributed by atoms with Gasteiger partial charge in [0, 0.05) is 0 Å². The largest absolute Gasteiger partial charge is 0.402 e. The van der Waals surface area contributed by atoms with E-state index in [1.54, 1.807) is 0 Å². The Labute approximate surface area is 63.5 Å². The summed E-state index contributed by atoms with van der Waals surface area (Å²) in [7, 11) is -1.37. The van der Waals surface area contributed by atoms with Gasteiger partial charge in [-0.25, -0.2) is 0 Å². The Morgan fingerprint density at radius 3 is 2.00 bits per heavy atom. The van der Waals surface area contributed by atoms with Crippen molar-refractivity contribution in [3.8, 4) is 0 Å². The maximum absolute atomic E-state index is 5.76. The third-order valence-corrected chi connectivity index (χ3v) is 2.34. The Bertz CT molecular complexity index is 79.6. The molecule has 0 N–H and O–H groups in total. The Balaban J connectivity index is 3.47. The van der Waals surface area contributed by atoms with Gasteiger partial charge in [-0.3, -0.25) is 0 Å². The van der Waals surface area contributed by atoms with Crippen LogP contribution < -0.4 is 0 Å². The SMILES string of the molecule is CCC(Cl)O[Si](C)(C)C. The summed E-state index contributed by atoms with van der Waals surface area (Å²) in [5.41, 5.74) is -0.0725. The monoisotopic (exact) mass is 166 g/mol. The molecule has 0 aromatic carbocycles. The highest BCUT2D eigenvalue weighted by Crippen LogP contribution is 2.12. The summed E-state index contributed by atoms with van der Waals surface area (Å²) >= 11 is 5.76. The zero-order chi connectivity index (χ0) is 7.49. The van der Waals surface area contributed by atoms with Crippen LogP contribution in [0, 0.1) is 0 Å². The average molecular weight is 167 g/mol. The fourth-order valence-corrected chi connectivity index (χ4v) is 2.20. The first kappa shape index (κ1) is 9.47. The number of hydrogen-bond acceptors (Lipinski definition) is 1. The molecule has 0 aliphatic heterocycles. The quantitative estimate of drug-likeness (QED) is 0.463. The molecule has 0 aromatic rings. The molecule has 0 amide bonds. The highest BCUT2D eigenvalue weighted by atomic mass is 35.5. The lowest BCUT2D eigenvalue weighted by molar-refractivity contribution is 0.270. The van der Waals surface area contributed by atoms with Gasteiger partial charge < -0.3 is 4.43 Å². The van der Waals surface area contributed by atoms with Gasteiger partial charge in [0.25, 0.3) is 0 Å². The molecule has 0 bridgehead atoms. The van der Waals surface area contributed by atoms with Crippen LogP contribution in [0.3, 0.4) is 0 Å². The normalized spacial score (nSPS) is 15.7. The lowest BCUT2D eigenvalue weighted by Crippen LogP contribution is -2.28. The summed E-state index contributed by atoms with van der Waals surface area (Å²) in [6, 6.07) is 0. The van der Waals surface area contributed by atoms with Gasteiger partial charge in [-0.2, -0.15) is 0 Å². The molecule has 0 rings (SSSR count). The van der Waals surface area contributed by atoms with E-state index in [2.05, 4.69) is 19.6 Å². The first-order chi connectivity index (χ1) is 3.95. The van der Waals surface area contributed by atoms with Crippen molar-refractivity contribution in [2.75, 3.05) is 0 Å². The molecular formula is C6H15ClOSi. The molecule has 1 nitrogen and oxygen atoms in total. The standard InChI is InChI=1S/C6H15ClOSi/c1-5-6(7)8-9(2,3)4/h6H,5H2,1-4H3. The summed E-state index contributed by atoms with van der Waals surface area (Å²) < 4.78 is 5.49. The topological polar surface area (TPSA) is 9.23 Å². The van der Waals surface area contributed by atoms with Gasteiger partial charge in [-0.15, -0.1) is 0 Å². The van der Waals surface area contributed by atoms with Gasteiger partial charge >= 0.3 is 0 Å². The summed E-state index contributed by atoms with van der Waals surface area (Å²) in [6.45, 7) is 8.44. The molecule has 0 saturated heterocycles. The van der Waals surface area contributed by atoms with E-state index in [9.17, 15) is 0 Å². The number of rotatable bonds is 3. The number of alkyl halides is 1. The van der Waals surface area contributed by atoms with Crippen LogP contribution in [-0.2, 0) is 4.43 Å². The van der Waals surface area contributed by atoms with E-state index in [0.717, 1.165) is 6.42 Å². The summed E-state index contributed by atoms with van der Waals surface area (Å²) in [5.74, 6) is 0. The highest BCUT2D eigenvalue weighted by Gasteiger charge is 2.17. The predicted octanol–water partition coefficient (Wildman–Crippen LogP) is 2.81. The van der Waals surface area contributed by atoms with E-state index in [1.165, 1.54) is 0 Å². The van der Waals surface area contributed by atoms with Crippen molar-refractivity contribution >= 4 is 19.9 Å². The molecule has 0 aliphatic rings. The highest BCUT2D eigenvalue weighted by molar-refractivity contribution is 6.70. The molecule has 0 fully saturated rings. The third-order valence-electron chi connectivity index (χ3n) is 0.802. The minimum Gasteiger partial charge on any atom is -0.402 e. The molecular weight excluding hydrogens is 152 g/mol. The van der Waals surface area contributed by atoms with E-state index in [-0.39, 0.29) is 5.56 Å². The summed E-state index contributed by atoms with van der Waals surface area (Å²) in [4.78, 5) is 0. The zero-order valence-corrected chi connectivity index (χ0v) is 8.33. The zero-order valence-electron chi connectivity index (χ0n) is 6.57. The second-order valence-corrected chi connectivity index (χ2v) is 8.00.